The number of fused-ring (bicyclic) bond motifs is 1. The van der Waals surface area contributed by atoms with Gasteiger partial charge in [-0.2, -0.15) is 0 Å². The molecular weight excluding hydrogens is 330 g/mol. The molecule has 0 saturated carbocycles. The molecule has 134 valence electrons. The van der Waals surface area contributed by atoms with E-state index in [0.29, 0.717) is 5.56 Å². The van der Waals surface area contributed by atoms with Crippen LogP contribution >= 0.6 is 0 Å². The summed E-state index contributed by atoms with van der Waals surface area (Å²) >= 11 is 0. The maximum absolute atomic E-state index is 12.4. The molecular formula is C19H21N5O2. The average molecular weight is 351 g/mol. The first-order valence-corrected chi connectivity index (χ1v) is 8.26. The summed E-state index contributed by atoms with van der Waals surface area (Å²) < 4.78 is 1.77. The molecule has 1 aromatic heterocycles. The van der Waals surface area contributed by atoms with Gasteiger partial charge in [0.15, 0.2) is 0 Å². The second-order valence-corrected chi connectivity index (χ2v) is 6.20. The molecule has 0 spiro atoms. The Kier molecular flexibility index (Phi) is 4.88. The van der Waals surface area contributed by atoms with E-state index in [1.165, 1.54) is 0 Å². The van der Waals surface area contributed by atoms with E-state index in [-0.39, 0.29) is 11.8 Å². The average Bonchev–Trinajstić information content (AvgIpc) is 3.09. The summed E-state index contributed by atoms with van der Waals surface area (Å²) in [5, 5.41) is 0. The number of aromatic nitrogens is 2. The summed E-state index contributed by atoms with van der Waals surface area (Å²) in [7, 11) is 3.80. The van der Waals surface area contributed by atoms with Crippen LogP contribution in [0.3, 0.4) is 0 Å². The van der Waals surface area contributed by atoms with Gasteiger partial charge in [-0.05, 0) is 37.3 Å². The van der Waals surface area contributed by atoms with Crippen LogP contribution in [0.2, 0.25) is 0 Å². The first-order chi connectivity index (χ1) is 12.5. The molecule has 1 atom stereocenters. The number of hydrazine groups is 1. The van der Waals surface area contributed by atoms with Crippen LogP contribution in [0.25, 0.3) is 11.0 Å². The van der Waals surface area contributed by atoms with Crippen LogP contribution < -0.4 is 15.8 Å². The lowest BCUT2D eigenvalue weighted by Crippen LogP contribution is -2.44. The third-order valence-electron chi connectivity index (χ3n) is 4.20. The monoisotopic (exact) mass is 351 g/mol. The first-order valence-electron chi connectivity index (χ1n) is 8.26. The molecule has 0 radical (unpaired) electrons. The van der Waals surface area contributed by atoms with Crippen LogP contribution in [-0.4, -0.2) is 35.5 Å². The van der Waals surface area contributed by atoms with Gasteiger partial charge in [-0.1, -0.05) is 18.2 Å². The van der Waals surface area contributed by atoms with Crippen molar-refractivity contribution in [1.82, 2.24) is 20.4 Å². The zero-order valence-electron chi connectivity index (χ0n) is 14.9. The summed E-state index contributed by atoms with van der Waals surface area (Å²) in [5.41, 5.74) is 8.00. The van der Waals surface area contributed by atoms with Crippen molar-refractivity contribution in [2.75, 3.05) is 19.0 Å². The summed E-state index contributed by atoms with van der Waals surface area (Å²) in [4.78, 5) is 30.9. The Morgan fingerprint density at radius 2 is 1.85 bits per heavy atom. The number of carbonyl (C=O) groups excluding carboxylic acids is 2. The number of nitrogens with one attached hydrogen (secondary N) is 2. The Morgan fingerprint density at radius 1 is 1.08 bits per heavy atom. The van der Waals surface area contributed by atoms with E-state index in [1.54, 1.807) is 36.0 Å². The maximum Gasteiger partial charge on any atom is 0.269 e. The van der Waals surface area contributed by atoms with Crippen LogP contribution in [0.1, 0.15) is 23.3 Å². The molecule has 26 heavy (non-hydrogen) atoms. The van der Waals surface area contributed by atoms with Crippen LogP contribution in [0.15, 0.2) is 54.9 Å². The minimum Gasteiger partial charge on any atom is -0.378 e. The summed E-state index contributed by atoms with van der Waals surface area (Å²) in [6.07, 6.45) is 1.62. The molecule has 2 aromatic carbocycles. The second-order valence-electron chi connectivity index (χ2n) is 6.20. The Morgan fingerprint density at radius 3 is 2.62 bits per heavy atom. The van der Waals surface area contributed by atoms with Gasteiger partial charge in [-0.3, -0.25) is 20.4 Å². The molecule has 3 aromatic rings. The smallest absolute Gasteiger partial charge is 0.269 e. The fraction of sp³-hybridized carbons (Fsp3) is 0.211. The number of nitrogens with zero attached hydrogens (tertiary/aromatic N) is 3. The van der Waals surface area contributed by atoms with Gasteiger partial charge in [0.25, 0.3) is 11.8 Å². The zero-order chi connectivity index (χ0) is 18.7. The molecule has 0 aliphatic heterocycles. The number of carbonyl (C=O) groups is 2. The van der Waals surface area contributed by atoms with Gasteiger partial charge in [0.05, 0.1) is 17.4 Å². The Labute approximate surface area is 151 Å². The SMILES string of the molecule is CC(C(=O)NNC(=O)c1cccc(N(C)C)c1)n1cnc2ccccc21. The number of anilines is 1. The molecule has 0 fully saturated rings. The molecule has 1 heterocycles. The molecule has 7 heteroatoms. The normalized spacial score (nSPS) is 11.8. The van der Waals surface area contributed by atoms with Crippen molar-refractivity contribution in [3.8, 4) is 0 Å². The zero-order valence-corrected chi connectivity index (χ0v) is 14.9. The predicted octanol–water partition coefficient (Wildman–Crippen LogP) is 2.12. The third kappa shape index (κ3) is 3.51. The molecule has 0 aliphatic rings. The van der Waals surface area contributed by atoms with E-state index < -0.39 is 6.04 Å². The molecule has 0 saturated heterocycles. The molecule has 3 rings (SSSR count). The van der Waals surface area contributed by atoms with Gasteiger partial charge in [-0.25, -0.2) is 4.98 Å². The van der Waals surface area contributed by atoms with Gasteiger partial charge in [0, 0.05) is 25.3 Å². The Bertz CT molecular complexity index is 948. The quantitative estimate of drug-likeness (QED) is 0.706. The lowest BCUT2D eigenvalue weighted by Gasteiger charge is -2.16. The number of hydrogen-bond donors (Lipinski definition) is 2. The number of rotatable bonds is 4. The van der Waals surface area contributed by atoms with Crippen molar-refractivity contribution in [3.05, 3.63) is 60.4 Å². The standard InChI is InChI=1S/C19H21N5O2/c1-13(24-12-20-16-9-4-5-10-17(16)24)18(25)21-22-19(26)14-7-6-8-15(11-14)23(2)3/h4-13H,1-3H3,(H,21,25)(H,22,26). The highest BCUT2D eigenvalue weighted by molar-refractivity contribution is 5.96. The summed E-state index contributed by atoms with van der Waals surface area (Å²) in [5.74, 6) is -0.699. The molecule has 7 nitrogen and oxygen atoms in total. The van der Waals surface area contributed by atoms with Gasteiger partial charge >= 0.3 is 0 Å². The number of para-hydroxylation sites is 2. The number of hydrogen-bond acceptors (Lipinski definition) is 4. The van der Waals surface area contributed by atoms with E-state index in [1.807, 2.05) is 49.3 Å². The number of amides is 2. The lowest BCUT2D eigenvalue weighted by molar-refractivity contribution is -0.124. The summed E-state index contributed by atoms with van der Waals surface area (Å²) in [6.45, 7) is 1.75. The van der Waals surface area contributed by atoms with Crippen LogP contribution in [0.5, 0.6) is 0 Å². The minimum atomic E-state index is -0.518. The van der Waals surface area contributed by atoms with Gasteiger partial charge in [0.2, 0.25) is 0 Å². The van der Waals surface area contributed by atoms with Crippen molar-refractivity contribution in [3.63, 3.8) is 0 Å². The molecule has 1 unspecified atom stereocenters. The largest absolute Gasteiger partial charge is 0.378 e. The maximum atomic E-state index is 12.4. The van der Waals surface area contributed by atoms with E-state index in [4.69, 9.17) is 0 Å². The highest BCUT2D eigenvalue weighted by Crippen LogP contribution is 2.17. The van der Waals surface area contributed by atoms with E-state index in [0.717, 1.165) is 16.7 Å². The van der Waals surface area contributed by atoms with Crippen molar-refractivity contribution < 1.29 is 9.59 Å². The van der Waals surface area contributed by atoms with Gasteiger partial charge in [-0.15, -0.1) is 0 Å². The number of benzene rings is 2. The van der Waals surface area contributed by atoms with Crippen LogP contribution in [0, 0.1) is 0 Å². The van der Waals surface area contributed by atoms with Crippen LogP contribution in [-0.2, 0) is 4.79 Å². The van der Waals surface area contributed by atoms with E-state index in [2.05, 4.69) is 15.8 Å². The second kappa shape index (κ2) is 7.26. The van der Waals surface area contributed by atoms with Crippen molar-refractivity contribution in [2.24, 2.45) is 0 Å². The first kappa shape index (κ1) is 17.5. The molecule has 0 aliphatic carbocycles. The Balaban J connectivity index is 1.66. The van der Waals surface area contributed by atoms with E-state index in [9.17, 15) is 9.59 Å². The predicted molar refractivity (Wildman–Crippen MR) is 101 cm³/mol. The Hall–Kier alpha value is -3.35. The van der Waals surface area contributed by atoms with Gasteiger partial charge in [0.1, 0.15) is 6.04 Å². The van der Waals surface area contributed by atoms with Crippen LogP contribution in [0.4, 0.5) is 5.69 Å². The van der Waals surface area contributed by atoms with E-state index >= 15 is 0 Å². The molecule has 0 bridgehead atoms. The fourth-order valence-electron chi connectivity index (χ4n) is 2.63. The topological polar surface area (TPSA) is 79.3 Å². The minimum absolute atomic E-state index is 0.328. The summed E-state index contributed by atoms with van der Waals surface area (Å²) in [6, 6.07) is 14.2. The van der Waals surface area contributed by atoms with Crippen molar-refractivity contribution >= 4 is 28.5 Å². The van der Waals surface area contributed by atoms with Crippen molar-refractivity contribution in [1.29, 1.82) is 0 Å². The van der Waals surface area contributed by atoms with Crippen molar-refractivity contribution in [2.45, 2.75) is 13.0 Å². The number of imidazole rings is 1. The fourth-order valence-corrected chi connectivity index (χ4v) is 2.63. The molecule has 2 N–H and O–H groups in total. The lowest BCUT2D eigenvalue weighted by atomic mass is 10.2. The van der Waals surface area contributed by atoms with Gasteiger partial charge < -0.3 is 9.47 Å². The molecule has 2 amide bonds. The third-order valence-corrected chi connectivity index (χ3v) is 4.20. The highest BCUT2D eigenvalue weighted by atomic mass is 16.2. The highest BCUT2D eigenvalue weighted by Gasteiger charge is 2.18.